The van der Waals surface area contributed by atoms with Gasteiger partial charge in [-0.15, -0.1) is 0 Å². The smallest absolute Gasteiger partial charge is 0.306 e. The molecule has 1 rings (SSSR count). The molecule has 8 atom stereocenters. The molecule has 1 amide bonds. The zero-order valence-corrected chi connectivity index (χ0v) is 51.8. The standard InChI is InChI=1S/C71H119NO10/c1-4-7-10-13-16-19-22-25-27-28-29-30-31-32-33-34-35-36-37-38-40-43-46-49-52-55-58-64(75)70(79)72-62(63(74)57-54-51-48-45-42-39-24-21-18-15-12-9-6-3)61-80-71-69(68(78)67(77)65(60-73)81-71)82-66(76)59-56-53-50-47-44-41-26-23-20-17-14-11-8-5-2/h7-8,10-11,16-17,19-20,25-27,29-30,32-33,35-36,41,54,57,62-65,67-69,71,73-75,77-78H,4-6,9,12-15,18,21-24,28,31,34,37-40,42-53,55-56,58-61H2,1-3H3,(H,72,79)/b10-7-,11-8+,19-16-,20-17+,27-25-,30-29-,33-32-,36-35-,41-26+,57-54+. The number of aliphatic hydroxyl groups is 5. The van der Waals surface area contributed by atoms with Crippen molar-refractivity contribution in [2.45, 2.75) is 301 Å². The highest BCUT2D eigenvalue weighted by Gasteiger charge is 2.47. The van der Waals surface area contributed by atoms with Crippen molar-refractivity contribution in [2.24, 2.45) is 0 Å². The molecule has 0 spiro atoms. The minimum atomic E-state index is -1.63. The normalized spacial score (nSPS) is 19.4. The number of hydrogen-bond acceptors (Lipinski definition) is 10. The lowest BCUT2D eigenvalue weighted by atomic mass is 9.99. The first-order valence-electron chi connectivity index (χ1n) is 32.8. The number of esters is 1. The van der Waals surface area contributed by atoms with Crippen molar-refractivity contribution in [3.8, 4) is 0 Å². The maximum absolute atomic E-state index is 13.5. The van der Waals surface area contributed by atoms with E-state index in [0.29, 0.717) is 12.8 Å². The van der Waals surface area contributed by atoms with Gasteiger partial charge in [-0.2, -0.15) is 0 Å². The van der Waals surface area contributed by atoms with Crippen LogP contribution in [-0.4, -0.2) is 99.6 Å². The monoisotopic (exact) mass is 1150 g/mol. The van der Waals surface area contributed by atoms with Crippen LogP contribution in [-0.2, 0) is 23.8 Å². The van der Waals surface area contributed by atoms with Gasteiger partial charge in [-0.05, 0) is 109 Å². The van der Waals surface area contributed by atoms with Crippen molar-refractivity contribution in [3.63, 3.8) is 0 Å². The lowest BCUT2D eigenvalue weighted by molar-refractivity contribution is -0.305. The number of unbranched alkanes of at least 4 members (excludes halogenated alkanes) is 22. The van der Waals surface area contributed by atoms with Gasteiger partial charge in [0.15, 0.2) is 12.4 Å². The third-order valence-electron chi connectivity index (χ3n) is 14.6. The molecule has 11 heteroatoms. The highest BCUT2D eigenvalue weighted by atomic mass is 16.7. The molecule has 0 radical (unpaired) electrons. The molecule has 0 aromatic carbocycles. The Morgan fingerprint density at radius 2 is 0.878 bits per heavy atom. The van der Waals surface area contributed by atoms with E-state index in [1.807, 2.05) is 6.08 Å². The molecule has 8 unspecified atom stereocenters. The molecule has 0 aromatic rings. The minimum absolute atomic E-state index is 0.0908. The van der Waals surface area contributed by atoms with Gasteiger partial charge in [0.2, 0.25) is 5.91 Å². The second kappa shape index (κ2) is 57.5. The topological polar surface area (TPSA) is 175 Å². The van der Waals surface area contributed by atoms with Crippen LogP contribution in [0.5, 0.6) is 0 Å². The molecule has 6 N–H and O–H groups in total. The predicted molar refractivity (Wildman–Crippen MR) is 342 cm³/mol. The van der Waals surface area contributed by atoms with E-state index in [0.717, 1.165) is 148 Å². The molecule has 1 saturated heterocycles. The van der Waals surface area contributed by atoms with Crippen LogP contribution in [0.2, 0.25) is 0 Å². The molecule has 82 heavy (non-hydrogen) atoms. The highest BCUT2D eigenvalue weighted by Crippen LogP contribution is 2.26. The predicted octanol–water partition coefficient (Wildman–Crippen LogP) is 16.2. The van der Waals surface area contributed by atoms with Gasteiger partial charge >= 0.3 is 5.97 Å². The van der Waals surface area contributed by atoms with Crippen LogP contribution in [0.1, 0.15) is 252 Å². The summed E-state index contributed by atoms with van der Waals surface area (Å²) < 4.78 is 17.6. The summed E-state index contributed by atoms with van der Waals surface area (Å²) >= 11 is 0. The van der Waals surface area contributed by atoms with Gasteiger partial charge in [0.1, 0.15) is 24.4 Å². The molecule has 1 aliphatic heterocycles. The molecule has 0 aliphatic carbocycles. The van der Waals surface area contributed by atoms with Gasteiger partial charge in [0.05, 0.1) is 25.4 Å². The number of allylic oxidation sites excluding steroid dienone is 19. The van der Waals surface area contributed by atoms with Gasteiger partial charge in [0, 0.05) is 6.42 Å². The molecule has 468 valence electrons. The molecule has 0 saturated carbocycles. The average molecular weight is 1150 g/mol. The van der Waals surface area contributed by atoms with E-state index >= 15 is 0 Å². The van der Waals surface area contributed by atoms with E-state index in [1.54, 1.807) is 6.08 Å². The Morgan fingerprint density at radius 3 is 1.32 bits per heavy atom. The third-order valence-corrected chi connectivity index (χ3v) is 14.6. The number of amides is 1. The second-order valence-electron chi connectivity index (χ2n) is 22.1. The summed E-state index contributed by atoms with van der Waals surface area (Å²) in [6.07, 6.45) is 69.5. The SMILES string of the molecule is CC/C=C\C/C=C\C/C=C\C/C=C\C/C=C\C/C=C\CCCCCCCCCC(O)C(=O)NC(COC1OC(CO)C(O)C(O)C1OC(=O)CCCCCC/C=C/C/C=C/C/C=C/CC)C(O)/C=C/CCCCCCCCCCCCC. The molecule has 0 aromatic heterocycles. The molecular weight excluding hydrogens is 1030 g/mol. The third kappa shape index (κ3) is 44.6. The summed E-state index contributed by atoms with van der Waals surface area (Å²) in [5.41, 5.74) is 0. The van der Waals surface area contributed by atoms with Gasteiger partial charge in [-0.3, -0.25) is 9.59 Å². The Balaban J connectivity index is 2.64. The molecule has 1 fully saturated rings. The fourth-order valence-corrected chi connectivity index (χ4v) is 9.49. The number of nitrogens with one attached hydrogen (secondary N) is 1. The van der Waals surface area contributed by atoms with Crippen molar-refractivity contribution in [1.82, 2.24) is 5.32 Å². The van der Waals surface area contributed by atoms with Crippen LogP contribution < -0.4 is 5.32 Å². The Morgan fingerprint density at radius 1 is 0.488 bits per heavy atom. The summed E-state index contributed by atoms with van der Waals surface area (Å²) in [5, 5.41) is 57.1. The van der Waals surface area contributed by atoms with Crippen LogP contribution >= 0.6 is 0 Å². The average Bonchev–Trinajstić information content (AvgIpc) is 3.55. The Kier molecular flexibility index (Phi) is 53.3. The van der Waals surface area contributed by atoms with Gasteiger partial charge in [-0.25, -0.2) is 0 Å². The minimum Gasteiger partial charge on any atom is -0.454 e. The Hall–Kier alpha value is -3.94. The quantitative estimate of drug-likeness (QED) is 0.0195. The van der Waals surface area contributed by atoms with E-state index in [2.05, 4.69) is 135 Å². The van der Waals surface area contributed by atoms with Crippen LogP contribution in [0.3, 0.4) is 0 Å². The van der Waals surface area contributed by atoms with Crippen molar-refractivity contribution in [1.29, 1.82) is 0 Å². The van der Waals surface area contributed by atoms with E-state index in [1.165, 1.54) is 57.8 Å². The first-order valence-corrected chi connectivity index (χ1v) is 32.8. The van der Waals surface area contributed by atoms with Gasteiger partial charge in [-0.1, -0.05) is 258 Å². The first kappa shape index (κ1) is 76.1. The van der Waals surface area contributed by atoms with Crippen molar-refractivity contribution in [3.05, 3.63) is 122 Å². The lowest BCUT2D eigenvalue weighted by Gasteiger charge is -2.41. The van der Waals surface area contributed by atoms with Crippen molar-refractivity contribution >= 4 is 11.9 Å². The van der Waals surface area contributed by atoms with E-state index in [9.17, 15) is 35.1 Å². The number of ether oxygens (including phenoxy) is 3. The fourth-order valence-electron chi connectivity index (χ4n) is 9.49. The highest BCUT2D eigenvalue weighted by molar-refractivity contribution is 5.80. The fraction of sp³-hybridized carbons (Fsp3) is 0.690. The Bertz CT molecular complexity index is 1800. The van der Waals surface area contributed by atoms with Crippen molar-refractivity contribution < 1.29 is 49.3 Å². The van der Waals surface area contributed by atoms with Crippen LogP contribution in [0, 0.1) is 0 Å². The summed E-state index contributed by atoms with van der Waals surface area (Å²) in [7, 11) is 0. The van der Waals surface area contributed by atoms with Crippen molar-refractivity contribution in [2.75, 3.05) is 13.2 Å². The van der Waals surface area contributed by atoms with E-state index in [4.69, 9.17) is 14.2 Å². The maximum atomic E-state index is 13.5. The van der Waals surface area contributed by atoms with Crippen LogP contribution in [0.25, 0.3) is 0 Å². The van der Waals surface area contributed by atoms with Crippen LogP contribution in [0.15, 0.2) is 122 Å². The number of rotatable bonds is 54. The molecule has 0 bridgehead atoms. The zero-order valence-electron chi connectivity index (χ0n) is 51.8. The van der Waals surface area contributed by atoms with Gasteiger partial charge < -0.3 is 45.1 Å². The summed E-state index contributed by atoms with van der Waals surface area (Å²) in [4.78, 5) is 26.6. The summed E-state index contributed by atoms with van der Waals surface area (Å²) in [6, 6.07) is -1.04. The molecular formula is C71H119NO10. The van der Waals surface area contributed by atoms with E-state index < -0.39 is 67.4 Å². The zero-order chi connectivity index (χ0) is 59.6. The number of hydrogen-bond donors (Lipinski definition) is 6. The van der Waals surface area contributed by atoms with Gasteiger partial charge in [0.25, 0.3) is 0 Å². The largest absolute Gasteiger partial charge is 0.454 e. The molecule has 1 heterocycles. The number of aliphatic hydroxyl groups excluding tert-OH is 5. The summed E-state index contributed by atoms with van der Waals surface area (Å²) in [6.45, 7) is 5.54. The first-order chi connectivity index (χ1) is 40.2. The maximum Gasteiger partial charge on any atom is 0.306 e. The van der Waals surface area contributed by atoms with E-state index in [-0.39, 0.29) is 19.4 Å². The number of carbonyl (C=O) groups excluding carboxylic acids is 2. The number of carbonyl (C=O) groups is 2. The Labute approximate surface area is 500 Å². The second-order valence-corrected chi connectivity index (χ2v) is 22.1. The van der Waals surface area contributed by atoms with Crippen LogP contribution in [0.4, 0.5) is 0 Å². The lowest BCUT2D eigenvalue weighted by Crippen LogP contribution is -2.61. The molecule has 1 aliphatic rings. The summed E-state index contributed by atoms with van der Waals surface area (Å²) in [5.74, 6) is -1.23. The molecule has 11 nitrogen and oxygen atoms in total.